The molecule has 1 aromatic carbocycles. The maximum absolute atomic E-state index is 12.2. The standard InChI is InChI=1S/C14H13N3O3/c1-3-6-15-14(19)17-12-8-16-11-7-9(20-2)4-5-10(11)13(12)18/h1,4-5,7-8H,6H2,2H3,(H,16,18)(H2,15,17,19). The Morgan fingerprint density at radius 1 is 1.50 bits per heavy atom. The Balaban J connectivity index is 2.33. The molecule has 1 heterocycles. The number of aromatic nitrogens is 1. The summed E-state index contributed by atoms with van der Waals surface area (Å²) in [6.45, 7) is 0.0918. The number of fused-ring (bicyclic) bond motifs is 1. The van der Waals surface area contributed by atoms with Crippen LogP contribution in [-0.4, -0.2) is 24.7 Å². The van der Waals surface area contributed by atoms with Crippen molar-refractivity contribution in [3.05, 3.63) is 34.6 Å². The third-order valence-electron chi connectivity index (χ3n) is 2.69. The van der Waals surface area contributed by atoms with Crippen LogP contribution in [0.5, 0.6) is 5.75 Å². The highest BCUT2D eigenvalue weighted by Crippen LogP contribution is 2.17. The van der Waals surface area contributed by atoms with Crippen molar-refractivity contribution in [2.75, 3.05) is 19.0 Å². The summed E-state index contributed by atoms with van der Waals surface area (Å²) in [5.41, 5.74) is 0.499. The molecule has 6 heteroatoms. The monoisotopic (exact) mass is 271 g/mol. The minimum Gasteiger partial charge on any atom is -0.497 e. The maximum atomic E-state index is 12.2. The summed E-state index contributed by atoms with van der Waals surface area (Å²) in [6.07, 6.45) is 6.46. The number of amides is 2. The number of carbonyl (C=O) groups is 1. The Kier molecular flexibility index (Phi) is 3.91. The van der Waals surface area contributed by atoms with Crippen LogP contribution in [0.4, 0.5) is 10.5 Å². The quantitative estimate of drug-likeness (QED) is 0.736. The first-order chi connectivity index (χ1) is 9.65. The lowest BCUT2D eigenvalue weighted by Crippen LogP contribution is -2.31. The van der Waals surface area contributed by atoms with Crippen molar-refractivity contribution >= 4 is 22.6 Å². The van der Waals surface area contributed by atoms with Gasteiger partial charge in [0.15, 0.2) is 0 Å². The second-order valence-corrected chi connectivity index (χ2v) is 3.95. The summed E-state index contributed by atoms with van der Waals surface area (Å²) in [6, 6.07) is 4.50. The molecule has 0 spiro atoms. The van der Waals surface area contributed by atoms with Crippen molar-refractivity contribution in [3.8, 4) is 18.1 Å². The Hall–Kier alpha value is -2.94. The van der Waals surface area contributed by atoms with Crippen LogP contribution in [0, 0.1) is 12.3 Å². The third-order valence-corrected chi connectivity index (χ3v) is 2.69. The lowest BCUT2D eigenvalue weighted by Gasteiger charge is -2.07. The predicted octanol–water partition coefficient (Wildman–Crippen LogP) is 1.29. The number of nitrogens with one attached hydrogen (secondary N) is 3. The van der Waals surface area contributed by atoms with E-state index in [0.29, 0.717) is 16.7 Å². The molecule has 0 radical (unpaired) electrons. The van der Waals surface area contributed by atoms with E-state index in [9.17, 15) is 9.59 Å². The average molecular weight is 271 g/mol. The molecule has 0 saturated carbocycles. The fraction of sp³-hybridized carbons (Fsp3) is 0.143. The zero-order valence-electron chi connectivity index (χ0n) is 10.8. The van der Waals surface area contributed by atoms with Crippen molar-refractivity contribution in [2.45, 2.75) is 0 Å². The van der Waals surface area contributed by atoms with Crippen molar-refractivity contribution < 1.29 is 9.53 Å². The Labute approximate surface area is 115 Å². The van der Waals surface area contributed by atoms with E-state index in [1.807, 2.05) is 0 Å². The summed E-state index contributed by atoms with van der Waals surface area (Å²) in [4.78, 5) is 26.6. The SMILES string of the molecule is C#CCNC(=O)Nc1c[nH]c2cc(OC)ccc2c1=O. The first-order valence-electron chi connectivity index (χ1n) is 5.83. The molecular formula is C14H13N3O3. The van der Waals surface area contributed by atoms with Gasteiger partial charge in [-0.3, -0.25) is 4.79 Å². The normalized spacial score (nSPS) is 9.80. The molecule has 0 aliphatic heterocycles. The second-order valence-electron chi connectivity index (χ2n) is 3.95. The van der Waals surface area contributed by atoms with Crippen molar-refractivity contribution in [3.63, 3.8) is 0 Å². The summed E-state index contributed by atoms with van der Waals surface area (Å²) in [7, 11) is 1.55. The van der Waals surface area contributed by atoms with Gasteiger partial charge >= 0.3 is 6.03 Å². The third kappa shape index (κ3) is 2.72. The molecule has 0 aliphatic carbocycles. The van der Waals surface area contributed by atoms with Crippen LogP contribution in [0.1, 0.15) is 0 Å². The Morgan fingerprint density at radius 3 is 3.00 bits per heavy atom. The minimum absolute atomic E-state index is 0.0918. The van der Waals surface area contributed by atoms with E-state index in [1.165, 1.54) is 6.20 Å². The lowest BCUT2D eigenvalue weighted by molar-refractivity contribution is 0.253. The van der Waals surface area contributed by atoms with Gasteiger partial charge in [0.1, 0.15) is 11.4 Å². The van der Waals surface area contributed by atoms with Crippen molar-refractivity contribution in [2.24, 2.45) is 0 Å². The fourth-order valence-corrected chi connectivity index (χ4v) is 1.72. The highest BCUT2D eigenvalue weighted by atomic mass is 16.5. The first-order valence-corrected chi connectivity index (χ1v) is 5.83. The van der Waals surface area contributed by atoms with Gasteiger partial charge in [-0.15, -0.1) is 6.42 Å². The van der Waals surface area contributed by atoms with Crippen LogP contribution >= 0.6 is 0 Å². The van der Waals surface area contributed by atoms with E-state index in [1.54, 1.807) is 25.3 Å². The Morgan fingerprint density at radius 2 is 2.30 bits per heavy atom. The van der Waals surface area contributed by atoms with Crippen LogP contribution in [0.15, 0.2) is 29.2 Å². The number of ether oxygens (including phenoxy) is 1. The zero-order valence-corrected chi connectivity index (χ0v) is 10.8. The number of hydrogen-bond donors (Lipinski definition) is 3. The number of H-pyrrole nitrogens is 1. The summed E-state index contributed by atoms with van der Waals surface area (Å²) < 4.78 is 5.08. The van der Waals surface area contributed by atoms with E-state index in [0.717, 1.165) is 0 Å². The van der Waals surface area contributed by atoms with Crippen LogP contribution in [0.3, 0.4) is 0 Å². The van der Waals surface area contributed by atoms with Gasteiger partial charge in [-0.05, 0) is 12.1 Å². The molecule has 0 saturated heterocycles. The minimum atomic E-state index is -0.527. The molecule has 2 aromatic rings. The van der Waals surface area contributed by atoms with Gasteiger partial charge in [0.2, 0.25) is 5.43 Å². The van der Waals surface area contributed by atoms with Gasteiger partial charge in [-0.2, -0.15) is 0 Å². The van der Waals surface area contributed by atoms with Crippen molar-refractivity contribution in [1.82, 2.24) is 10.3 Å². The molecule has 0 atom stereocenters. The first kappa shape index (κ1) is 13.5. The number of carbonyl (C=O) groups excluding carboxylic acids is 1. The number of benzene rings is 1. The van der Waals surface area contributed by atoms with Gasteiger partial charge in [0.05, 0.1) is 19.2 Å². The van der Waals surface area contributed by atoms with Gasteiger partial charge in [0, 0.05) is 17.6 Å². The number of anilines is 1. The molecule has 6 nitrogen and oxygen atoms in total. The summed E-state index contributed by atoms with van der Waals surface area (Å²) in [5.74, 6) is 2.91. The smallest absolute Gasteiger partial charge is 0.320 e. The second kappa shape index (κ2) is 5.80. The summed E-state index contributed by atoms with van der Waals surface area (Å²) >= 11 is 0. The van der Waals surface area contributed by atoms with Crippen LogP contribution in [-0.2, 0) is 0 Å². The molecule has 0 unspecified atom stereocenters. The van der Waals surface area contributed by atoms with Crippen LogP contribution in [0.25, 0.3) is 10.9 Å². The number of urea groups is 1. The van der Waals surface area contributed by atoms with Gasteiger partial charge in [-0.25, -0.2) is 4.79 Å². The maximum Gasteiger partial charge on any atom is 0.320 e. The number of pyridine rings is 1. The fourth-order valence-electron chi connectivity index (χ4n) is 1.72. The van der Waals surface area contributed by atoms with Gasteiger partial charge < -0.3 is 20.4 Å². The molecule has 1 aromatic heterocycles. The highest BCUT2D eigenvalue weighted by Gasteiger charge is 2.08. The average Bonchev–Trinajstić information content (AvgIpc) is 2.47. The molecule has 0 fully saturated rings. The molecule has 20 heavy (non-hydrogen) atoms. The van der Waals surface area contributed by atoms with Gasteiger partial charge in [0.25, 0.3) is 0 Å². The van der Waals surface area contributed by atoms with E-state index in [2.05, 4.69) is 21.5 Å². The van der Waals surface area contributed by atoms with E-state index in [4.69, 9.17) is 11.2 Å². The molecule has 0 aliphatic rings. The topological polar surface area (TPSA) is 83.2 Å². The molecular weight excluding hydrogens is 258 g/mol. The number of hydrogen-bond acceptors (Lipinski definition) is 3. The van der Waals surface area contributed by atoms with Crippen molar-refractivity contribution in [1.29, 1.82) is 0 Å². The van der Waals surface area contributed by atoms with E-state index >= 15 is 0 Å². The number of methoxy groups -OCH3 is 1. The number of aromatic amines is 1. The van der Waals surface area contributed by atoms with Gasteiger partial charge in [-0.1, -0.05) is 5.92 Å². The predicted molar refractivity (Wildman–Crippen MR) is 77.0 cm³/mol. The molecule has 3 N–H and O–H groups in total. The van der Waals surface area contributed by atoms with E-state index in [-0.39, 0.29) is 17.7 Å². The number of rotatable bonds is 3. The molecule has 0 bridgehead atoms. The van der Waals surface area contributed by atoms with Crippen LogP contribution < -0.4 is 20.8 Å². The zero-order chi connectivity index (χ0) is 14.5. The largest absolute Gasteiger partial charge is 0.497 e. The highest BCUT2D eigenvalue weighted by molar-refractivity contribution is 5.92. The van der Waals surface area contributed by atoms with Crippen LogP contribution in [0.2, 0.25) is 0 Å². The lowest BCUT2D eigenvalue weighted by atomic mass is 10.2. The molecule has 102 valence electrons. The number of terminal acetylenes is 1. The summed E-state index contributed by atoms with van der Waals surface area (Å²) in [5, 5.41) is 5.32. The molecule has 2 rings (SSSR count). The molecule has 2 amide bonds. The van der Waals surface area contributed by atoms with E-state index < -0.39 is 6.03 Å². The Bertz CT molecular complexity index is 743.